The zero-order valence-corrected chi connectivity index (χ0v) is 23.5. The summed E-state index contributed by atoms with van der Waals surface area (Å²) in [7, 11) is -2.41. The maximum absolute atomic E-state index is 2.52. The molecule has 0 fully saturated rings. The molecule has 0 saturated carbocycles. The molecule has 0 heterocycles. The van der Waals surface area contributed by atoms with Gasteiger partial charge in [-0.3, -0.25) is 0 Å². The minimum atomic E-state index is -1.82. The van der Waals surface area contributed by atoms with Gasteiger partial charge in [-0.1, -0.05) is 141 Å². The second kappa shape index (κ2) is 11.6. The Morgan fingerprint density at radius 3 is 1.24 bits per heavy atom. The zero-order valence-electron chi connectivity index (χ0n) is 21.7. The Bertz CT molecular complexity index is 1290. The summed E-state index contributed by atoms with van der Waals surface area (Å²) in [6.45, 7) is 5.04. The van der Waals surface area contributed by atoms with E-state index in [0.29, 0.717) is 0 Å². The largest absolute Gasteiger partial charge is 0.0995 e. The lowest BCUT2D eigenvalue weighted by Gasteiger charge is -2.40. The molecule has 37 heavy (non-hydrogen) atoms. The lowest BCUT2D eigenvalue weighted by molar-refractivity contribution is 0.798. The van der Waals surface area contributed by atoms with Crippen LogP contribution in [0.25, 0.3) is 0 Å². The maximum atomic E-state index is 2.52. The van der Waals surface area contributed by atoms with Crippen LogP contribution in [0.2, 0.25) is 0 Å². The van der Waals surface area contributed by atoms with Gasteiger partial charge in [0.05, 0.1) is 30.2 Å². The molecule has 0 aromatic heterocycles. The SMILES string of the molecule is CC(C)(C[P+](Cc1ccccc1)(c1ccccc1)c1ccccc1)P(c1ccccc1)c1ccccc1. The van der Waals surface area contributed by atoms with Crippen molar-refractivity contribution < 1.29 is 0 Å². The summed E-state index contributed by atoms with van der Waals surface area (Å²) >= 11 is 0. The van der Waals surface area contributed by atoms with Gasteiger partial charge < -0.3 is 0 Å². The van der Waals surface area contributed by atoms with Gasteiger partial charge in [-0.25, -0.2) is 0 Å². The number of hydrogen-bond donors (Lipinski definition) is 0. The molecule has 0 aliphatic carbocycles. The molecule has 0 nitrogen and oxygen atoms in total. The fraction of sp³-hybridized carbons (Fsp3) is 0.143. The Labute approximate surface area is 224 Å². The molecule has 0 saturated heterocycles. The maximum Gasteiger partial charge on any atom is 0.0995 e. The predicted molar refractivity (Wildman–Crippen MR) is 167 cm³/mol. The molecule has 0 aliphatic rings. The molecule has 184 valence electrons. The average molecular weight is 518 g/mol. The summed E-state index contributed by atoms with van der Waals surface area (Å²) in [5, 5.41) is 5.95. The monoisotopic (exact) mass is 517 g/mol. The number of rotatable bonds is 9. The van der Waals surface area contributed by atoms with E-state index in [4.69, 9.17) is 0 Å². The van der Waals surface area contributed by atoms with Gasteiger partial charge in [-0.15, -0.1) is 0 Å². The highest BCUT2D eigenvalue weighted by molar-refractivity contribution is 7.89. The van der Waals surface area contributed by atoms with Crippen LogP contribution in [0.1, 0.15) is 19.4 Å². The van der Waals surface area contributed by atoms with Crippen LogP contribution in [-0.4, -0.2) is 11.3 Å². The van der Waals surface area contributed by atoms with Gasteiger partial charge in [0.25, 0.3) is 0 Å². The van der Waals surface area contributed by atoms with Crippen LogP contribution in [0.4, 0.5) is 0 Å². The summed E-state index contributed by atoms with van der Waals surface area (Å²) in [5.74, 6) is 0. The van der Waals surface area contributed by atoms with E-state index in [2.05, 4.69) is 166 Å². The van der Waals surface area contributed by atoms with Gasteiger partial charge in [-0.05, 0) is 48.4 Å². The first-order valence-electron chi connectivity index (χ1n) is 13.0. The highest BCUT2D eigenvalue weighted by Crippen LogP contribution is 2.65. The molecule has 0 bridgehead atoms. The normalized spacial score (nSPS) is 12.0. The van der Waals surface area contributed by atoms with Crippen molar-refractivity contribution in [3.8, 4) is 0 Å². The Morgan fingerprint density at radius 2 is 0.838 bits per heavy atom. The molecule has 0 unspecified atom stereocenters. The minimum Gasteiger partial charge on any atom is -0.0622 e. The topological polar surface area (TPSA) is 0 Å². The summed E-state index contributed by atoms with van der Waals surface area (Å²) in [5.41, 5.74) is 1.42. The van der Waals surface area contributed by atoms with E-state index < -0.39 is 15.2 Å². The summed E-state index contributed by atoms with van der Waals surface area (Å²) in [4.78, 5) is 0. The molecular weight excluding hydrogens is 482 g/mol. The highest BCUT2D eigenvalue weighted by Gasteiger charge is 2.49. The number of benzene rings is 5. The first-order valence-corrected chi connectivity index (χ1v) is 16.5. The van der Waals surface area contributed by atoms with Crippen molar-refractivity contribution in [1.82, 2.24) is 0 Å². The minimum absolute atomic E-state index is 0.0618. The molecule has 0 amide bonds. The Kier molecular flexibility index (Phi) is 8.00. The fourth-order valence-electron chi connectivity index (χ4n) is 5.63. The van der Waals surface area contributed by atoms with Crippen LogP contribution in [0, 0.1) is 0 Å². The van der Waals surface area contributed by atoms with E-state index in [1.165, 1.54) is 26.8 Å². The van der Waals surface area contributed by atoms with Crippen LogP contribution in [0.15, 0.2) is 152 Å². The van der Waals surface area contributed by atoms with Gasteiger partial charge in [0.2, 0.25) is 0 Å². The Morgan fingerprint density at radius 1 is 0.486 bits per heavy atom. The molecule has 2 heteroatoms. The van der Waals surface area contributed by atoms with Crippen LogP contribution in [-0.2, 0) is 6.16 Å². The van der Waals surface area contributed by atoms with Crippen LogP contribution >= 0.6 is 15.2 Å². The predicted octanol–water partition coefficient (Wildman–Crippen LogP) is 7.77. The molecule has 5 rings (SSSR count). The van der Waals surface area contributed by atoms with Crippen molar-refractivity contribution >= 4 is 36.4 Å². The molecule has 0 N–H and O–H groups in total. The first-order chi connectivity index (χ1) is 18.1. The summed E-state index contributed by atoms with van der Waals surface area (Å²) in [6.07, 6.45) is 2.20. The molecule has 5 aromatic carbocycles. The highest BCUT2D eigenvalue weighted by atomic mass is 31.2. The fourth-order valence-corrected chi connectivity index (χ4v) is 14.3. The van der Waals surface area contributed by atoms with Crippen molar-refractivity contribution in [2.45, 2.75) is 25.2 Å². The molecule has 0 radical (unpaired) electrons. The third kappa shape index (κ3) is 5.78. The van der Waals surface area contributed by atoms with E-state index in [0.717, 1.165) is 12.3 Å². The second-order valence-electron chi connectivity index (χ2n) is 10.3. The van der Waals surface area contributed by atoms with Crippen molar-refractivity contribution in [2.75, 3.05) is 6.16 Å². The lowest BCUT2D eigenvalue weighted by Crippen LogP contribution is -2.39. The third-order valence-corrected chi connectivity index (χ3v) is 15.1. The number of hydrogen-bond acceptors (Lipinski definition) is 0. The second-order valence-corrected chi connectivity index (χ2v) is 16.8. The standard InChI is InChI=1S/C35H35P2/c1-35(2,36(31-20-10-4-11-21-31)32-22-12-5-13-23-32)29-37(33-24-14-6-15-25-33,34-26-16-7-17-27-34)28-30-18-8-3-9-19-30/h3-27H,28-29H2,1-2H3/q+1. The molecular formula is C35H35P2+. The van der Waals surface area contributed by atoms with E-state index in [9.17, 15) is 0 Å². The molecule has 0 atom stereocenters. The van der Waals surface area contributed by atoms with Gasteiger partial charge >= 0.3 is 0 Å². The molecule has 0 aliphatic heterocycles. The summed E-state index contributed by atoms with van der Waals surface area (Å²) < 4.78 is 0. The first kappa shape index (κ1) is 25.6. The third-order valence-electron chi connectivity index (χ3n) is 7.09. The van der Waals surface area contributed by atoms with Gasteiger partial charge in [0, 0.05) is 5.16 Å². The van der Waals surface area contributed by atoms with Gasteiger partial charge in [-0.2, -0.15) is 0 Å². The van der Waals surface area contributed by atoms with E-state index >= 15 is 0 Å². The Balaban J connectivity index is 1.70. The van der Waals surface area contributed by atoms with E-state index in [-0.39, 0.29) is 5.16 Å². The van der Waals surface area contributed by atoms with Crippen molar-refractivity contribution in [2.24, 2.45) is 0 Å². The quantitative estimate of drug-likeness (QED) is 0.175. The summed E-state index contributed by atoms with van der Waals surface area (Å²) in [6, 6.07) is 56.3. The van der Waals surface area contributed by atoms with Crippen LogP contribution in [0.5, 0.6) is 0 Å². The molecule has 5 aromatic rings. The lowest BCUT2D eigenvalue weighted by atomic mass is 10.2. The zero-order chi connectivity index (χ0) is 25.6. The van der Waals surface area contributed by atoms with E-state index in [1.54, 1.807) is 0 Å². The van der Waals surface area contributed by atoms with Crippen LogP contribution in [0.3, 0.4) is 0 Å². The Hall–Kier alpha value is -3.04. The van der Waals surface area contributed by atoms with E-state index in [1.807, 2.05) is 0 Å². The van der Waals surface area contributed by atoms with Crippen molar-refractivity contribution in [3.05, 3.63) is 157 Å². The van der Waals surface area contributed by atoms with Crippen molar-refractivity contribution in [1.29, 1.82) is 0 Å². The van der Waals surface area contributed by atoms with Crippen molar-refractivity contribution in [3.63, 3.8) is 0 Å². The smallest absolute Gasteiger partial charge is 0.0622 e. The van der Waals surface area contributed by atoms with Gasteiger partial charge in [0.1, 0.15) is 0 Å². The van der Waals surface area contributed by atoms with Gasteiger partial charge in [0.15, 0.2) is 0 Å². The average Bonchev–Trinajstić information content (AvgIpc) is 2.95. The van der Waals surface area contributed by atoms with Crippen LogP contribution < -0.4 is 21.2 Å². The molecule has 0 spiro atoms.